The SMILES string of the molecule is O=C(Nn1cnc2ccccc2c1=O)c1cc(-c2ccc(F)cc2)nc2ccccc12. The van der Waals surface area contributed by atoms with Crippen LogP contribution >= 0.6 is 0 Å². The first-order chi connectivity index (χ1) is 15.1. The summed E-state index contributed by atoms with van der Waals surface area (Å²) in [6, 6.07) is 21.6. The second kappa shape index (κ2) is 7.46. The minimum atomic E-state index is -0.485. The van der Waals surface area contributed by atoms with E-state index in [0.29, 0.717) is 38.6 Å². The molecule has 1 amide bonds. The number of rotatable bonds is 3. The molecule has 0 bridgehead atoms. The van der Waals surface area contributed by atoms with Crippen molar-refractivity contribution in [2.75, 3.05) is 5.43 Å². The average Bonchev–Trinajstić information content (AvgIpc) is 2.81. The van der Waals surface area contributed by atoms with Gasteiger partial charge in [0.05, 0.1) is 27.7 Å². The number of pyridine rings is 1. The third-order valence-corrected chi connectivity index (χ3v) is 4.99. The van der Waals surface area contributed by atoms with E-state index in [1.165, 1.54) is 18.5 Å². The van der Waals surface area contributed by atoms with Crippen molar-refractivity contribution in [3.63, 3.8) is 0 Å². The molecule has 0 radical (unpaired) electrons. The molecule has 0 atom stereocenters. The van der Waals surface area contributed by atoms with Crippen LogP contribution in [-0.2, 0) is 0 Å². The fourth-order valence-corrected chi connectivity index (χ4v) is 3.45. The number of carbonyl (C=O) groups is 1. The fraction of sp³-hybridized carbons (Fsp3) is 0. The molecule has 5 rings (SSSR count). The summed E-state index contributed by atoms with van der Waals surface area (Å²) in [7, 11) is 0. The van der Waals surface area contributed by atoms with Crippen molar-refractivity contribution in [2.24, 2.45) is 0 Å². The highest BCUT2D eigenvalue weighted by Gasteiger charge is 2.15. The van der Waals surface area contributed by atoms with E-state index in [2.05, 4.69) is 15.4 Å². The number of aromatic nitrogens is 3. The molecular weight excluding hydrogens is 395 g/mol. The number of nitrogens with one attached hydrogen (secondary N) is 1. The Balaban J connectivity index is 1.60. The van der Waals surface area contributed by atoms with Crippen LogP contribution in [0, 0.1) is 5.82 Å². The average molecular weight is 410 g/mol. The number of fused-ring (bicyclic) bond motifs is 2. The molecule has 0 fully saturated rings. The first kappa shape index (κ1) is 18.6. The quantitative estimate of drug-likeness (QED) is 0.485. The smallest absolute Gasteiger partial charge is 0.267 e. The zero-order chi connectivity index (χ0) is 21.4. The highest BCUT2D eigenvalue weighted by atomic mass is 19.1. The topological polar surface area (TPSA) is 76.9 Å². The molecule has 0 aliphatic rings. The summed E-state index contributed by atoms with van der Waals surface area (Å²) >= 11 is 0. The van der Waals surface area contributed by atoms with E-state index in [9.17, 15) is 14.0 Å². The van der Waals surface area contributed by atoms with Crippen LogP contribution in [0.2, 0.25) is 0 Å². The van der Waals surface area contributed by atoms with E-state index in [4.69, 9.17) is 0 Å². The standard InChI is InChI=1S/C24H15FN4O2/c25-16-11-9-15(10-12-16)22-13-19(17-5-1-4-8-21(17)27-22)23(30)28-29-14-26-20-7-3-2-6-18(20)24(29)31/h1-14H,(H,28,30). The zero-order valence-electron chi connectivity index (χ0n) is 16.1. The number of hydrogen-bond donors (Lipinski definition) is 1. The number of benzene rings is 3. The normalized spacial score (nSPS) is 11.0. The molecule has 2 heterocycles. The molecule has 0 saturated carbocycles. The fourth-order valence-electron chi connectivity index (χ4n) is 3.45. The molecule has 150 valence electrons. The molecule has 5 aromatic rings. The highest BCUT2D eigenvalue weighted by molar-refractivity contribution is 6.10. The lowest BCUT2D eigenvalue weighted by Crippen LogP contribution is -2.33. The number of para-hydroxylation sites is 2. The summed E-state index contributed by atoms with van der Waals surface area (Å²) in [6.45, 7) is 0. The number of hydrogen-bond acceptors (Lipinski definition) is 4. The maximum atomic E-state index is 13.3. The number of halogens is 1. The van der Waals surface area contributed by atoms with Gasteiger partial charge < -0.3 is 0 Å². The molecule has 3 aromatic carbocycles. The lowest BCUT2D eigenvalue weighted by Gasteiger charge is -2.12. The van der Waals surface area contributed by atoms with Crippen molar-refractivity contribution < 1.29 is 9.18 Å². The van der Waals surface area contributed by atoms with Gasteiger partial charge in [0.1, 0.15) is 12.1 Å². The zero-order valence-corrected chi connectivity index (χ0v) is 16.1. The molecule has 0 spiro atoms. The van der Waals surface area contributed by atoms with Gasteiger partial charge in [-0.1, -0.05) is 30.3 Å². The lowest BCUT2D eigenvalue weighted by atomic mass is 10.0. The first-order valence-electron chi connectivity index (χ1n) is 9.54. The van der Waals surface area contributed by atoms with Gasteiger partial charge in [-0.2, -0.15) is 0 Å². The summed E-state index contributed by atoms with van der Waals surface area (Å²) in [6.07, 6.45) is 1.28. The number of nitrogens with zero attached hydrogens (tertiary/aromatic N) is 3. The van der Waals surface area contributed by atoms with Gasteiger partial charge in [-0.3, -0.25) is 15.0 Å². The van der Waals surface area contributed by atoms with E-state index >= 15 is 0 Å². The van der Waals surface area contributed by atoms with Crippen LogP contribution in [0.3, 0.4) is 0 Å². The summed E-state index contributed by atoms with van der Waals surface area (Å²) in [4.78, 5) is 34.7. The van der Waals surface area contributed by atoms with Crippen LogP contribution in [0.5, 0.6) is 0 Å². The van der Waals surface area contributed by atoms with Crippen molar-refractivity contribution >= 4 is 27.7 Å². The minimum Gasteiger partial charge on any atom is -0.267 e. The van der Waals surface area contributed by atoms with Crippen LogP contribution in [-0.4, -0.2) is 20.6 Å². The van der Waals surface area contributed by atoms with Gasteiger partial charge in [0.25, 0.3) is 11.5 Å². The maximum Gasteiger partial charge on any atom is 0.280 e. The maximum absolute atomic E-state index is 13.3. The van der Waals surface area contributed by atoms with E-state index in [1.54, 1.807) is 54.6 Å². The number of carbonyl (C=O) groups excluding carboxylic acids is 1. The van der Waals surface area contributed by atoms with Gasteiger partial charge >= 0.3 is 0 Å². The van der Waals surface area contributed by atoms with Crippen LogP contribution < -0.4 is 11.0 Å². The van der Waals surface area contributed by atoms with E-state index in [1.807, 2.05) is 12.1 Å². The summed E-state index contributed by atoms with van der Waals surface area (Å²) in [5, 5.41) is 1.03. The molecule has 1 N–H and O–H groups in total. The van der Waals surface area contributed by atoms with Gasteiger partial charge in [0.15, 0.2) is 0 Å². The van der Waals surface area contributed by atoms with Gasteiger partial charge in [-0.05, 0) is 48.5 Å². The van der Waals surface area contributed by atoms with Crippen molar-refractivity contribution in [3.05, 3.63) is 107 Å². The van der Waals surface area contributed by atoms with Gasteiger partial charge in [-0.25, -0.2) is 19.0 Å². The molecule has 7 heteroatoms. The monoisotopic (exact) mass is 410 g/mol. The second-order valence-corrected chi connectivity index (χ2v) is 6.96. The number of amides is 1. The molecule has 6 nitrogen and oxygen atoms in total. The Morgan fingerprint density at radius 1 is 0.871 bits per heavy atom. The predicted octanol–water partition coefficient (Wildman–Crippen LogP) is 4.13. The predicted molar refractivity (Wildman–Crippen MR) is 117 cm³/mol. The molecule has 0 saturated heterocycles. The van der Waals surface area contributed by atoms with Crippen LogP contribution in [0.4, 0.5) is 4.39 Å². The Morgan fingerprint density at radius 3 is 2.32 bits per heavy atom. The Bertz CT molecular complexity index is 1510. The molecule has 0 aliphatic carbocycles. The molecule has 0 unspecified atom stereocenters. The third-order valence-electron chi connectivity index (χ3n) is 4.99. The van der Waals surface area contributed by atoms with E-state index in [0.717, 1.165) is 4.68 Å². The van der Waals surface area contributed by atoms with Crippen molar-refractivity contribution in [2.45, 2.75) is 0 Å². The second-order valence-electron chi connectivity index (χ2n) is 6.96. The lowest BCUT2D eigenvalue weighted by molar-refractivity contribution is 0.101. The molecule has 31 heavy (non-hydrogen) atoms. The summed E-state index contributed by atoms with van der Waals surface area (Å²) in [5.74, 6) is -0.841. The Morgan fingerprint density at radius 2 is 1.55 bits per heavy atom. The largest absolute Gasteiger partial charge is 0.280 e. The summed E-state index contributed by atoms with van der Waals surface area (Å²) < 4.78 is 14.4. The van der Waals surface area contributed by atoms with Crippen LogP contribution in [0.1, 0.15) is 10.4 Å². The first-order valence-corrected chi connectivity index (χ1v) is 9.54. The van der Waals surface area contributed by atoms with Crippen molar-refractivity contribution in [3.8, 4) is 11.3 Å². The van der Waals surface area contributed by atoms with E-state index in [-0.39, 0.29) is 11.4 Å². The minimum absolute atomic E-state index is 0.338. The molecular formula is C24H15FN4O2. The third kappa shape index (κ3) is 3.42. The Labute approximate surface area is 175 Å². The Hall–Kier alpha value is -4.39. The van der Waals surface area contributed by atoms with Crippen molar-refractivity contribution in [1.29, 1.82) is 0 Å². The van der Waals surface area contributed by atoms with E-state index < -0.39 is 5.91 Å². The van der Waals surface area contributed by atoms with Gasteiger partial charge in [-0.15, -0.1) is 0 Å². The van der Waals surface area contributed by atoms with Crippen LogP contribution in [0.25, 0.3) is 33.1 Å². The molecule has 2 aromatic heterocycles. The summed E-state index contributed by atoms with van der Waals surface area (Å²) in [5.41, 5.74) is 4.92. The highest BCUT2D eigenvalue weighted by Crippen LogP contribution is 2.25. The van der Waals surface area contributed by atoms with Crippen LogP contribution in [0.15, 0.2) is 90.0 Å². The van der Waals surface area contributed by atoms with Gasteiger partial charge in [0.2, 0.25) is 0 Å². The Kier molecular flexibility index (Phi) is 4.48. The van der Waals surface area contributed by atoms with Crippen molar-refractivity contribution in [1.82, 2.24) is 14.6 Å². The van der Waals surface area contributed by atoms with Gasteiger partial charge in [0, 0.05) is 10.9 Å². The molecule has 0 aliphatic heterocycles.